The summed E-state index contributed by atoms with van der Waals surface area (Å²) in [7, 11) is 1.63. The molecule has 0 aliphatic heterocycles. The van der Waals surface area contributed by atoms with E-state index in [-0.39, 0.29) is 5.91 Å². The van der Waals surface area contributed by atoms with Crippen LogP contribution in [0.15, 0.2) is 48.7 Å². The van der Waals surface area contributed by atoms with Gasteiger partial charge in [0.25, 0.3) is 0 Å². The highest BCUT2D eigenvalue weighted by atomic mass is 35.5. The van der Waals surface area contributed by atoms with Gasteiger partial charge in [-0.25, -0.2) is 0 Å². The molecule has 1 amide bonds. The number of methoxy groups -OCH3 is 1. The second-order valence-electron chi connectivity index (χ2n) is 6.51. The maximum atomic E-state index is 12.9. The Hall–Kier alpha value is -2.46. The average molecular weight is 357 g/mol. The molecule has 0 bridgehead atoms. The van der Waals surface area contributed by atoms with Crippen LogP contribution in [0.5, 0.6) is 5.75 Å². The van der Waals surface area contributed by atoms with Crippen molar-refractivity contribution in [3.63, 3.8) is 0 Å². The van der Waals surface area contributed by atoms with Crippen LogP contribution in [0, 0.1) is 0 Å². The molecule has 130 valence electrons. The van der Waals surface area contributed by atoms with Crippen LogP contribution in [0.1, 0.15) is 25.0 Å². The summed E-state index contributed by atoms with van der Waals surface area (Å²) in [6, 6.07) is 13.3. The van der Waals surface area contributed by atoms with E-state index in [1.807, 2.05) is 62.5 Å². The summed E-state index contributed by atoms with van der Waals surface area (Å²) < 4.78 is 5.34. The number of aromatic amines is 1. The lowest BCUT2D eigenvalue weighted by Crippen LogP contribution is -2.39. The van der Waals surface area contributed by atoms with E-state index < -0.39 is 5.41 Å². The van der Waals surface area contributed by atoms with E-state index >= 15 is 0 Å². The van der Waals surface area contributed by atoms with Crippen LogP contribution >= 0.6 is 11.6 Å². The molecule has 0 aliphatic carbocycles. The van der Waals surface area contributed by atoms with E-state index in [9.17, 15) is 4.79 Å². The van der Waals surface area contributed by atoms with Gasteiger partial charge in [-0.3, -0.25) is 4.79 Å². The van der Waals surface area contributed by atoms with Crippen LogP contribution in [0.25, 0.3) is 10.9 Å². The van der Waals surface area contributed by atoms with Crippen LogP contribution in [0.3, 0.4) is 0 Å². The summed E-state index contributed by atoms with van der Waals surface area (Å²) in [6.45, 7) is 4.23. The highest BCUT2D eigenvalue weighted by molar-refractivity contribution is 6.31. The lowest BCUT2D eigenvalue weighted by molar-refractivity contribution is -0.125. The Morgan fingerprint density at radius 3 is 2.76 bits per heavy atom. The Balaban J connectivity index is 1.83. The fourth-order valence-corrected chi connectivity index (χ4v) is 3.15. The van der Waals surface area contributed by atoms with Gasteiger partial charge in [-0.2, -0.15) is 0 Å². The summed E-state index contributed by atoms with van der Waals surface area (Å²) in [5.74, 6) is 0.707. The maximum Gasteiger partial charge on any atom is 0.230 e. The molecular weight excluding hydrogens is 336 g/mol. The number of fused-ring (bicyclic) bond motifs is 1. The molecule has 0 atom stereocenters. The number of benzene rings is 2. The number of hydrogen-bond acceptors (Lipinski definition) is 2. The van der Waals surface area contributed by atoms with E-state index in [1.54, 1.807) is 7.11 Å². The number of hydrogen-bond donors (Lipinski definition) is 2. The minimum absolute atomic E-state index is 0.0562. The van der Waals surface area contributed by atoms with Gasteiger partial charge in [0.2, 0.25) is 5.91 Å². The molecule has 0 radical (unpaired) electrons. The smallest absolute Gasteiger partial charge is 0.230 e. The van der Waals surface area contributed by atoms with Crippen molar-refractivity contribution in [2.75, 3.05) is 7.11 Å². The summed E-state index contributed by atoms with van der Waals surface area (Å²) in [4.78, 5) is 16.1. The predicted molar refractivity (Wildman–Crippen MR) is 101 cm³/mol. The molecule has 25 heavy (non-hydrogen) atoms. The van der Waals surface area contributed by atoms with Gasteiger partial charge in [0.05, 0.1) is 12.5 Å². The lowest BCUT2D eigenvalue weighted by atomic mass is 9.83. The van der Waals surface area contributed by atoms with E-state index in [4.69, 9.17) is 16.3 Å². The van der Waals surface area contributed by atoms with E-state index in [1.165, 1.54) is 0 Å². The Kier molecular flexibility index (Phi) is 4.73. The molecule has 3 rings (SSSR count). The SMILES string of the molecule is COc1ccccc1CNC(=O)C(C)(C)c1c[nH]c2ccc(Cl)cc12. The molecule has 2 N–H and O–H groups in total. The fourth-order valence-electron chi connectivity index (χ4n) is 2.98. The average Bonchev–Trinajstić information content (AvgIpc) is 3.03. The molecular formula is C20H21ClN2O2. The normalized spacial score (nSPS) is 11.5. The number of carbonyl (C=O) groups excluding carboxylic acids is 1. The summed E-state index contributed by atoms with van der Waals surface area (Å²) >= 11 is 6.12. The minimum atomic E-state index is -0.703. The van der Waals surface area contributed by atoms with Crippen molar-refractivity contribution >= 4 is 28.4 Å². The molecule has 0 fully saturated rings. The van der Waals surface area contributed by atoms with Gasteiger partial charge in [0.1, 0.15) is 5.75 Å². The minimum Gasteiger partial charge on any atom is -0.496 e. The first-order valence-electron chi connectivity index (χ1n) is 8.11. The van der Waals surface area contributed by atoms with E-state index in [0.717, 1.165) is 27.8 Å². The molecule has 0 spiro atoms. The highest BCUT2D eigenvalue weighted by Crippen LogP contribution is 2.32. The number of nitrogens with one attached hydrogen (secondary N) is 2. The molecule has 4 nitrogen and oxygen atoms in total. The number of ether oxygens (including phenoxy) is 1. The van der Waals surface area contributed by atoms with Gasteiger partial charge in [-0.1, -0.05) is 29.8 Å². The van der Waals surface area contributed by atoms with Crippen molar-refractivity contribution in [2.24, 2.45) is 0 Å². The van der Waals surface area contributed by atoms with Crippen LogP contribution < -0.4 is 10.1 Å². The fraction of sp³-hybridized carbons (Fsp3) is 0.250. The van der Waals surface area contributed by atoms with Crippen molar-refractivity contribution in [3.8, 4) is 5.75 Å². The van der Waals surface area contributed by atoms with Crippen LogP contribution in [0.2, 0.25) is 5.02 Å². The molecule has 0 saturated heterocycles. The molecule has 0 unspecified atom stereocenters. The first kappa shape index (κ1) is 17.4. The molecule has 3 aromatic rings. The number of aromatic nitrogens is 1. The zero-order valence-corrected chi connectivity index (χ0v) is 15.3. The monoisotopic (exact) mass is 356 g/mol. The number of amides is 1. The Bertz CT molecular complexity index is 915. The highest BCUT2D eigenvalue weighted by Gasteiger charge is 2.32. The van der Waals surface area contributed by atoms with E-state index in [2.05, 4.69) is 10.3 Å². The third-order valence-electron chi connectivity index (χ3n) is 4.52. The summed E-state index contributed by atoms with van der Waals surface area (Å²) in [6.07, 6.45) is 1.88. The first-order chi connectivity index (χ1) is 11.9. The lowest BCUT2D eigenvalue weighted by Gasteiger charge is -2.24. The Morgan fingerprint density at radius 2 is 2.00 bits per heavy atom. The zero-order chi connectivity index (χ0) is 18.0. The van der Waals surface area contributed by atoms with E-state index in [0.29, 0.717) is 11.6 Å². The Labute approximate surface area is 152 Å². The second kappa shape index (κ2) is 6.81. The molecule has 2 aromatic carbocycles. The van der Waals surface area contributed by atoms with Crippen molar-refractivity contribution in [1.29, 1.82) is 0 Å². The summed E-state index contributed by atoms with van der Waals surface area (Å²) in [5.41, 5.74) is 2.12. The standard InChI is InChI=1S/C20H21ClN2O2/c1-20(2,16-12-22-17-9-8-14(21)10-15(16)17)19(24)23-11-13-6-4-5-7-18(13)25-3/h4-10,12,22H,11H2,1-3H3,(H,23,24). The van der Waals surface area contributed by atoms with Gasteiger partial charge in [0, 0.05) is 34.2 Å². The zero-order valence-electron chi connectivity index (χ0n) is 14.5. The van der Waals surface area contributed by atoms with Crippen LogP contribution in [-0.2, 0) is 16.8 Å². The number of carbonyl (C=O) groups is 1. The number of halogens is 1. The third-order valence-corrected chi connectivity index (χ3v) is 4.75. The topological polar surface area (TPSA) is 54.1 Å². The molecule has 0 aliphatic rings. The quantitative estimate of drug-likeness (QED) is 0.710. The number of H-pyrrole nitrogens is 1. The third kappa shape index (κ3) is 3.35. The molecule has 1 aromatic heterocycles. The van der Waals surface area contributed by atoms with Gasteiger partial charge in [-0.05, 0) is 43.7 Å². The van der Waals surface area contributed by atoms with Crippen molar-refractivity contribution in [2.45, 2.75) is 25.8 Å². The largest absolute Gasteiger partial charge is 0.496 e. The van der Waals surface area contributed by atoms with Gasteiger partial charge in [-0.15, -0.1) is 0 Å². The van der Waals surface area contributed by atoms with Crippen molar-refractivity contribution in [3.05, 3.63) is 64.8 Å². The summed E-state index contributed by atoms with van der Waals surface area (Å²) in [5, 5.41) is 4.63. The molecule has 0 saturated carbocycles. The van der Waals surface area contributed by atoms with Gasteiger partial charge in [0.15, 0.2) is 0 Å². The van der Waals surface area contributed by atoms with Crippen LogP contribution in [0.4, 0.5) is 0 Å². The first-order valence-corrected chi connectivity index (χ1v) is 8.48. The van der Waals surface area contributed by atoms with Crippen molar-refractivity contribution < 1.29 is 9.53 Å². The predicted octanol–water partition coefficient (Wildman–Crippen LogP) is 4.42. The van der Waals surface area contributed by atoms with Crippen molar-refractivity contribution in [1.82, 2.24) is 10.3 Å². The van der Waals surface area contributed by atoms with Gasteiger partial charge < -0.3 is 15.0 Å². The molecule has 5 heteroatoms. The maximum absolute atomic E-state index is 12.9. The van der Waals surface area contributed by atoms with Crippen LogP contribution in [-0.4, -0.2) is 18.0 Å². The second-order valence-corrected chi connectivity index (χ2v) is 6.95. The number of rotatable bonds is 5. The Morgan fingerprint density at radius 1 is 1.24 bits per heavy atom. The molecule has 1 heterocycles. The van der Waals surface area contributed by atoms with Gasteiger partial charge >= 0.3 is 0 Å². The number of para-hydroxylation sites is 1.